The Kier molecular flexibility index (Phi) is 5.18. The van der Waals surface area contributed by atoms with Gasteiger partial charge in [0.15, 0.2) is 0 Å². The van der Waals surface area contributed by atoms with Gasteiger partial charge >= 0.3 is 5.97 Å². The average Bonchev–Trinajstić information content (AvgIpc) is 2.93. The number of hydrogen-bond donors (Lipinski definition) is 1. The van der Waals surface area contributed by atoms with Crippen molar-refractivity contribution in [1.82, 2.24) is 5.32 Å². The maximum absolute atomic E-state index is 11.8. The maximum atomic E-state index is 11.8. The van der Waals surface area contributed by atoms with Crippen molar-refractivity contribution in [3.63, 3.8) is 0 Å². The van der Waals surface area contributed by atoms with Crippen LogP contribution in [0.4, 0.5) is 0 Å². The quantitative estimate of drug-likeness (QED) is 0.610. The molecule has 1 aliphatic rings. The summed E-state index contributed by atoms with van der Waals surface area (Å²) in [6, 6.07) is 9.49. The van der Waals surface area contributed by atoms with Crippen LogP contribution in [0.5, 0.6) is 5.75 Å². The molecule has 0 amide bonds. The number of benzene rings is 1. The fraction of sp³-hybridized carbons (Fsp3) is 0.500. The predicted molar refractivity (Wildman–Crippen MR) is 70.1 cm³/mol. The third kappa shape index (κ3) is 3.94. The SMILES string of the molecule is CNC1COCC1C(=O)OCCOc1ccccc1. The van der Waals surface area contributed by atoms with Gasteiger partial charge in [0.1, 0.15) is 19.0 Å². The lowest BCUT2D eigenvalue weighted by Crippen LogP contribution is -2.38. The van der Waals surface area contributed by atoms with Crippen LogP contribution >= 0.6 is 0 Å². The topological polar surface area (TPSA) is 56.8 Å². The number of nitrogens with one attached hydrogen (secondary N) is 1. The summed E-state index contributed by atoms with van der Waals surface area (Å²) >= 11 is 0. The average molecular weight is 265 g/mol. The number of para-hydroxylation sites is 1. The van der Waals surface area contributed by atoms with Crippen molar-refractivity contribution in [3.8, 4) is 5.75 Å². The van der Waals surface area contributed by atoms with Crippen molar-refractivity contribution in [2.75, 3.05) is 33.5 Å². The Bertz CT molecular complexity index is 396. The van der Waals surface area contributed by atoms with Crippen LogP contribution in [-0.4, -0.2) is 45.5 Å². The Morgan fingerprint density at radius 1 is 1.32 bits per heavy atom. The van der Waals surface area contributed by atoms with E-state index < -0.39 is 0 Å². The second-order valence-corrected chi connectivity index (χ2v) is 4.37. The highest BCUT2D eigenvalue weighted by Crippen LogP contribution is 2.15. The zero-order valence-electron chi connectivity index (χ0n) is 11.0. The highest BCUT2D eigenvalue weighted by Gasteiger charge is 2.34. The smallest absolute Gasteiger partial charge is 0.313 e. The molecule has 0 saturated carbocycles. The van der Waals surface area contributed by atoms with Crippen molar-refractivity contribution in [1.29, 1.82) is 0 Å². The first-order valence-electron chi connectivity index (χ1n) is 6.40. The number of carbonyl (C=O) groups excluding carboxylic acids is 1. The summed E-state index contributed by atoms with van der Waals surface area (Å²) in [6.45, 7) is 1.58. The second-order valence-electron chi connectivity index (χ2n) is 4.37. The molecule has 0 radical (unpaired) electrons. The molecule has 104 valence electrons. The molecule has 2 rings (SSSR count). The van der Waals surface area contributed by atoms with E-state index in [4.69, 9.17) is 14.2 Å². The van der Waals surface area contributed by atoms with Gasteiger partial charge in [-0.3, -0.25) is 4.79 Å². The van der Waals surface area contributed by atoms with Crippen molar-refractivity contribution >= 4 is 5.97 Å². The van der Waals surface area contributed by atoms with E-state index in [1.54, 1.807) is 0 Å². The fourth-order valence-corrected chi connectivity index (χ4v) is 2.00. The van der Waals surface area contributed by atoms with Crippen LogP contribution in [0.25, 0.3) is 0 Å². The van der Waals surface area contributed by atoms with Gasteiger partial charge < -0.3 is 19.5 Å². The summed E-state index contributed by atoms with van der Waals surface area (Å²) in [5.74, 6) is 0.325. The summed E-state index contributed by atoms with van der Waals surface area (Å²) in [6.07, 6.45) is 0. The Hall–Kier alpha value is -1.59. The van der Waals surface area contributed by atoms with E-state index in [1.807, 2.05) is 37.4 Å². The van der Waals surface area contributed by atoms with Gasteiger partial charge in [-0.25, -0.2) is 0 Å². The number of hydrogen-bond acceptors (Lipinski definition) is 5. The number of rotatable bonds is 6. The van der Waals surface area contributed by atoms with E-state index in [1.165, 1.54) is 0 Å². The fourth-order valence-electron chi connectivity index (χ4n) is 2.00. The van der Waals surface area contributed by atoms with E-state index >= 15 is 0 Å². The minimum atomic E-state index is -0.228. The Balaban J connectivity index is 1.67. The highest BCUT2D eigenvalue weighted by atomic mass is 16.6. The van der Waals surface area contributed by atoms with Gasteiger partial charge in [0.05, 0.1) is 19.1 Å². The zero-order valence-corrected chi connectivity index (χ0v) is 11.0. The largest absolute Gasteiger partial charge is 0.490 e. The summed E-state index contributed by atoms with van der Waals surface area (Å²) in [5, 5.41) is 3.05. The number of ether oxygens (including phenoxy) is 3. The van der Waals surface area contributed by atoms with E-state index in [9.17, 15) is 4.79 Å². The zero-order chi connectivity index (χ0) is 13.5. The van der Waals surface area contributed by atoms with Gasteiger partial charge in [-0.05, 0) is 19.2 Å². The van der Waals surface area contributed by atoms with Crippen LogP contribution in [0, 0.1) is 5.92 Å². The van der Waals surface area contributed by atoms with Gasteiger partial charge in [0.25, 0.3) is 0 Å². The third-order valence-electron chi connectivity index (χ3n) is 3.09. The molecule has 2 unspecified atom stereocenters. The minimum Gasteiger partial charge on any atom is -0.490 e. The van der Waals surface area contributed by atoms with Crippen LogP contribution in [-0.2, 0) is 14.3 Å². The molecule has 1 aromatic carbocycles. The first-order valence-corrected chi connectivity index (χ1v) is 6.40. The molecule has 1 aromatic rings. The first-order chi connectivity index (χ1) is 9.31. The number of likely N-dealkylation sites (N-methyl/N-ethyl adjacent to an activating group) is 1. The molecular formula is C14H19NO4. The Labute approximate surface area is 112 Å². The molecule has 1 heterocycles. The van der Waals surface area contributed by atoms with Gasteiger partial charge in [-0.15, -0.1) is 0 Å². The molecule has 0 aromatic heterocycles. The molecule has 0 bridgehead atoms. The van der Waals surface area contributed by atoms with Crippen LogP contribution in [0.2, 0.25) is 0 Å². The molecule has 5 heteroatoms. The lowest BCUT2D eigenvalue weighted by molar-refractivity contribution is -0.149. The van der Waals surface area contributed by atoms with Gasteiger partial charge in [0.2, 0.25) is 0 Å². The van der Waals surface area contributed by atoms with E-state index in [0.717, 1.165) is 5.75 Å². The first kappa shape index (κ1) is 13.8. The molecule has 19 heavy (non-hydrogen) atoms. The summed E-state index contributed by atoms with van der Waals surface area (Å²) in [5.41, 5.74) is 0. The predicted octanol–water partition coefficient (Wildman–Crippen LogP) is 0.843. The van der Waals surface area contributed by atoms with Gasteiger partial charge in [0, 0.05) is 6.04 Å². The van der Waals surface area contributed by atoms with E-state index in [0.29, 0.717) is 19.8 Å². The summed E-state index contributed by atoms with van der Waals surface area (Å²) in [4.78, 5) is 11.8. The van der Waals surface area contributed by atoms with Gasteiger partial charge in [-0.1, -0.05) is 18.2 Å². The molecular weight excluding hydrogens is 246 g/mol. The van der Waals surface area contributed by atoms with Crippen LogP contribution in [0.3, 0.4) is 0 Å². The third-order valence-corrected chi connectivity index (χ3v) is 3.09. The van der Waals surface area contributed by atoms with Crippen molar-refractivity contribution < 1.29 is 19.0 Å². The van der Waals surface area contributed by atoms with Crippen LogP contribution < -0.4 is 10.1 Å². The summed E-state index contributed by atoms with van der Waals surface area (Å²) < 4.78 is 15.9. The lowest BCUT2D eigenvalue weighted by atomic mass is 10.0. The molecule has 5 nitrogen and oxygen atoms in total. The Morgan fingerprint density at radius 2 is 2.11 bits per heavy atom. The molecule has 0 spiro atoms. The second kappa shape index (κ2) is 7.11. The molecule has 1 aliphatic heterocycles. The minimum absolute atomic E-state index is 0.0440. The number of esters is 1. The van der Waals surface area contributed by atoms with Crippen LogP contribution in [0.1, 0.15) is 0 Å². The molecule has 2 atom stereocenters. The van der Waals surface area contributed by atoms with Gasteiger partial charge in [-0.2, -0.15) is 0 Å². The number of carbonyl (C=O) groups is 1. The molecule has 1 saturated heterocycles. The van der Waals surface area contributed by atoms with Crippen LogP contribution in [0.15, 0.2) is 30.3 Å². The highest BCUT2D eigenvalue weighted by molar-refractivity contribution is 5.73. The standard InChI is InChI=1S/C14H19NO4/c1-15-13-10-17-9-12(13)14(16)19-8-7-18-11-5-3-2-4-6-11/h2-6,12-13,15H,7-10H2,1H3. The van der Waals surface area contributed by atoms with Crippen molar-refractivity contribution in [3.05, 3.63) is 30.3 Å². The summed E-state index contributed by atoms with van der Waals surface area (Å²) in [7, 11) is 1.82. The molecule has 1 N–H and O–H groups in total. The monoisotopic (exact) mass is 265 g/mol. The molecule has 0 aliphatic carbocycles. The normalized spacial score (nSPS) is 22.2. The van der Waals surface area contributed by atoms with E-state index in [2.05, 4.69) is 5.32 Å². The maximum Gasteiger partial charge on any atom is 0.313 e. The van der Waals surface area contributed by atoms with Crippen molar-refractivity contribution in [2.45, 2.75) is 6.04 Å². The molecule has 1 fully saturated rings. The lowest BCUT2D eigenvalue weighted by Gasteiger charge is -2.15. The Morgan fingerprint density at radius 3 is 2.84 bits per heavy atom. The van der Waals surface area contributed by atoms with Crippen molar-refractivity contribution in [2.24, 2.45) is 5.92 Å². The van der Waals surface area contributed by atoms with E-state index in [-0.39, 0.29) is 24.5 Å².